The molecule has 0 bridgehead atoms. The molecule has 0 saturated carbocycles. The molecule has 1 aliphatic heterocycles. The van der Waals surface area contributed by atoms with Gasteiger partial charge in [0.05, 0.1) is 18.7 Å². The van der Waals surface area contributed by atoms with Gasteiger partial charge in [0.1, 0.15) is 11.3 Å². The van der Waals surface area contributed by atoms with Crippen molar-refractivity contribution in [3.05, 3.63) is 29.8 Å². The maximum absolute atomic E-state index is 12.3. The lowest BCUT2D eigenvalue weighted by Gasteiger charge is -2.31. The Morgan fingerprint density at radius 1 is 1.42 bits per heavy atom. The van der Waals surface area contributed by atoms with Crippen LogP contribution in [0.1, 0.15) is 23.2 Å². The standard InChI is InChI=1S/C14H16N2O3/c1-18-12-5-3-2-4-11(12)13(17)16-14(10-15)6-8-19-9-7-14/h2-5H,6-9H2,1H3,(H,16,17). The molecular weight excluding hydrogens is 244 g/mol. The number of amides is 1. The SMILES string of the molecule is COc1ccccc1C(=O)NC1(C#N)CCOCC1. The third-order valence-corrected chi connectivity index (χ3v) is 3.26. The first kappa shape index (κ1) is 13.4. The van der Waals surface area contributed by atoms with Gasteiger partial charge in [0.15, 0.2) is 0 Å². The van der Waals surface area contributed by atoms with Crippen LogP contribution < -0.4 is 10.1 Å². The van der Waals surface area contributed by atoms with Crippen molar-refractivity contribution in [1.29, 1.82) is 5.26 Å². The Bertz CT molecular complexity index is 502. The second kappa shape index (κ2) is 5.72. The molecule has 1 aromatic carbocycles. The fraction of sp³-hybridized carbons (Fsp3) is 0.429. The zero-order valence-corrected chi connectivity index (χ0v) is 10.8. The minimum Gasteiger partial charge on any atom is -0.496 e. The molecule has 1 saturated heterocycles. The maximum atomic E-state index is 12.3. The van der Waals surface area contributed by atoms with E-state index in [1.54, 1.807) is 24.3 Å². The molecule has 0 spiro atoms. The molecule has 19 heavy (non-hydrogen) atoms. The van der Waals surface area contributed by atoms with E-state index < -0.39 is 5.54 Å². The van der Waals surface area contributed by atoms with E-state index in [1.807, 2.05) is 0 Å². The largest absolute Gasteiger partial charge is 0.496 e. The Morgan fingerprint density at radius 3 is 2.74 bits per heavy atom. The Balaban J connectivity index is 2.18. The number of ether oxygens (including phenoxy) is 2. The minimum absolute atomic E-state index is 0.291. The lowest BCUT2D eigenvalue weighted by atomic mass is 9.91. The Labute approximate surface area is 112 Å². The van der Waals surface area contributed by atoms with E-state index in [-0.39, 0.29) is 5.91 Å². The van der Waals surface area contributed by atoms with Crippen molar-refractivity contribution in [2.45, 2.75) is 18.4 Å². The van der Waals surface area contributed by atoms with E-state index in [2.05, 4.69) is 11.4 Å². The molecule has 1 fully saturated rings. The smallest absolute Gasteiger partial charge is 0.256 e. The van der Waals surface area contributed by atoms with Crippen LogP contribution in [0.3, 0.4) is 0 Å². The summed E-state index contributed by atoms with van der Waals surface area (Å²) in [6, 6.07) is 9.16. The maximum Gasteiger partial charge on any atom is 0.256 e. The summed E-state index contributed by atoms with van der Waals surface area (Å²) in [5, 5.41) is 12.1. The molecule has 0 atom stereocenters. The molecule has 2 rings (SSSR count). The van der Waals surface area contributed by atoms with E-state index >= 15 is 0 Å². The number of methoxy groups -OCH3 is 1. The fourth-order valence-electron chi connectivity index (χ4n) is 2.10. The molecule has 1 aliphatic rings. The van der Waals surface area contributed by atoms with Crippen LogP contribution in [0, 0.1) is 11.3 Å². The number of benzene rings is 1. The Hall–Kier alpha value is -2.06. The summed E-state index contributed by atoms with van der Waals surface area (Å²) in [6.07, 6.45) is 1.01. The van der Waals surface area contributed by atoms with E-state index in [1.165, 1.54) is 7.11 Å². The van der Waals surface area contributed by atoms with Crippen molar-refractivity contribution in [2.24, 2.45) is 0 Å². The summed E-state index contributed by atoms with van der Waals surface area (Å²) >= 11 is 0. The second-order valence-corrected chi connectivity index (χ2v) is 4.46. The number of para-hydroxylation sites is 1. The highest BCUT2D eigenvalue weighted by molar-refractivity contribution is 5.97. The number of hydrogen-bond donors (Lipinski definition) is 1. The van der Waals surface area contributed by atoms with E-state index in [0.29, 0.717) is 37.4 Å². The van der Waals surface area contributed by atoms with Gasteiger partial charge in [-0.25, -0.2) is 0 Å². The monoisotopic (exact) mass is 260 g/mol. The van der Waals surface area contributed by atoms with Crippen molar-refractivity contribution in [1.82, 2.24) is 5.32 Å². The average Bonchev–Trinajstić information content (AvgIpc) is 2.48. The molecule has 1 aromatic rings. The molecule has 1 heterocycles. The van der Waals surface area contributed by atoms with Crippen LogP contribution in [0.5, 0.6) is 5.75 Å². The first-order valence-electron chi connectivity index (χ1n) is 6.15. The zero-order chi connectivity index (χ0) is 13.7. The van der Waals surface area contributed by atoms with Crippen molar-refractivity contribution < 1.29 is 14.3 Å². The average molecular weight is 260 g/mol. The van der Waals surface area contributed by atoms with Gasteiger partial charge in [-0.15, -0.1) is 0 Å². The van der Waals surface area contributed by atoms with E-state index in [4.69, 9.17) is 9.47 Å². The van der Waals surface area contributed by atoms with Gasteiger partial charge in [-0.3, -0.25) is 4.79 Å². The lowest BCUT2D eigenvalue weighted by Crippen LogP contribution is -2.51. The van der Waals surface area contributed by atoms with E-state index in [9.17, 15) is 10.1 Å². The molecule has 5 heteroatoms. The Morgan fingerprint density at radius 2 is 2.11 bits per heavy atom. The van der Waals surface area contributed by atoms with E-state index in [0.717, 1.165) is 0 Å². The second-order valence-electron chi connectivity index (χ2n) is 4.46. The lowest BCUT2D eigenvalue weighted by molar-refractivity contribution is 0.0530. The van der Waals surface area contributed by atoms with Gasteiger partial charge >= 0.3 is 0 Å². The summed E-state index contributed by atoms with van der Waals surface area (Å²) < 4.78 is 10.4. The molecule has 0 unspecified atom stereocenters. The van der Waals surface area contributed by atoms with Gasteiger partial charge in [0.25, 0.3) is 5.91 Å². The number of nitrogens with zero attached hydrogens (tertiary/aromatic N) is 1. The van der Waals surface area contributed by atoms with Crippen LogP contribution in [0.2, 0.25) is 0 Å². The molecule has 5 nitrogen and oxygen atoms in total. The highest BCUT2D eigenvalue weighted by atomic mass is 16.5. The van der Waals surface area contributed by atoms with Gasteiger partial charge in [-0.1, -0.05) is 12.1 Å². The minimum atomic E-state index is -0.837. The molecule has 0 radical (unpaired) electrons. The molecule has 0 aromatic heterocycles. The van der Waals surface area contributed by atoms with Crippen molar-refractivity contribution in [3.8, 4) is 11.8 Å². The van der Waals surface area contributed by atoms with Gasteiger partial charge in [-0.2, -0.15) is 5.26 Å². The summed E-state index contributed by atoms with van der Waals surface area (Å²) in [5.41, 5.74) is -0.401. The first-order chi connectivity index (χ1) is 9.21. The third-order valence-electron chi connectivity index (χ3n) is 3.26. The molecule has 1 amide bonds. The van der Waals surface area contributed by atoms with Crippen LogP contribution >= 0.6 is 0 Å². The van der Waals surface area contributed by atoms with Crippen LogP contribution in [0.25, 0.3) is 0 Å². The molecule has 1 N–H and O–H groups in total. The normalized spacial score (nSPS) is 17.3. The predicted molar refractivity (Wildman–Crippen MR) is 68.9 cm³/mol. The highest BCUT2D eigenvalue weighted by Crippen LogP contribution is 2.23. The number of carbonyl (C=O) groups excluding carboxylic acids is 1. The molecular formula is C14H16N2O3. The third kappa shape index (κ3) is 2.85. The number of nitrogens with one attached hydrogen (secondary N) is 1. The number of carbonyl (C=O) groups is 1. The van der Waals surface area contributed by atoms with Crippen LogP contribution in [0.15, 0.2) is 24.3 Å². The first-order valence-corrected chi connectivity index (χ1v) is 6.15. The van der Waals surface area contributed by atoms with Crippen molar-refractivity contribution in [3.63, 3.8) is 0 Å². The molecule has 100 valence electrons. The van der Waals surface area contributed by atoms with Crippen LogP contribution in [-0.4, -0.2) is 31.8 Å². The predicted octanol–water partition coefficient (Wildman–Crippen LogP) is 1.50. The number of nitriles is 1. The summed E-state index contributed by atoms with van der Waals surface area (Å²) in [7, 11) is 1.51. The van der Waals surface area contributed by atoms with Gasteiger partial charge < -0.3 is 14.8 Å². The summed E-state index contributed by atoms with van der Waals surface area (Å²) in [5.74, 6) is 0.209. The quantitative estimate of drug-likeness (QED) is 0.894. The number of rotatable bonds is 3. The van der Waals surface area contributed by atoms with Crippen molar-refractivity contribution >= 4 is 5.91 Å². The number of hydrogen-bond acceptors (Lipinski definition) is 4. The summed E-state index contributed by atoms with van der Waals surface area (Å²) in [6.45, 7) is 0.972. The summed E-state index contributed by atoms with van der Waals surface area (Å²) in [4.78, 5) is 12.3. The van der Waals surface area contributed by atoms with Crippen LogP contribution in [-0.2, 0) is 4.74 Å². The fourth-order valence-corrected chi connectivity index (χ4v) is 2.10. The Kier molecular flexibility index (Phi) is 4.03. The van der Waals surface area contributed by atoms with Gasteiger partial charge in [-0.05, 0) is 12.1 Å². The van der Waals surface area contributed by atoms with Crippen molar-refractivity contribution in [2.75, 3.05) is 20.3 Å². The zero-order valence-electron chi connectivity index (χ0n) is 10.8. The topological polar surface area (TPSA) is 71.3 Å². The van der Waals surface area contributed by atoms with Crippen LogP contribution in [0.4, 0.5) is 0 Å². The van der Waals surface area contributed by atoms with Gasteiger partial charge in [0.2, 0.25) is 0 Å². The van der Waals surface area contributed by atoms with Gasteiger partial charge in [0, 0.05) is 26.1 Å². The molecule has 0 aliphatic carbocycles. The highest BCUT2D eigenvalue weighted by Gasteiger charge is 2.34.